The topological polar surface area (TPSA) is 91.9 Å². The van der Waals surface area contributed by atoms with Crippen molar-refractivity contribution in [2.24, 2.45) is 5.41 Å². The molecule has 4 aromatic rings. The number of anilines is 2. The van der Waals surface area contributed by atoms with Crippen LogP contribution in [0, 0.1) is 12.3 Å². The number of nitrogens with zero attached hydrogens (tertiary/aromatic N) is 5. The van der Waals surface area contributed by atoms with Crippen molar-refractivity contribution in [2.75, 3.05) is 36.5 Å². The predicted molar refractivity (Wildman–Crippen MR) is 179 cm³/mol. The lowest BCUT2D eigenvalue weighted by Gasteiger charge is -2.27. The van der Waals surface area contributed by atoms with Gasteiger partial charge >= 0.3 is 0 Å². The van der Waals surface area contributed by atoms with Crippen LogP contribution in [0.25, 0.3) is 11.0 Å². The fourth-order valence-electron chi connectivity index (χ4n) is 5.75. The Kier molecular flexibility index (Phi) is 11.4. The van der Waals surface area contributed by atoms with Crippen LogP contribution in [-0.4, -0.2) is 52.9 Å². The molecule has 44 heavy (non-hydrogen) atoms. The average Bonchev–Trinajstić information content (AvgIpc) is 3.36. The van der Waals surface area contributed by atoms with Gasteiger partial charge in [-0.15, -0.1) is 24.8 Å². The number of aromatic nitrogens is 2. The lowest BCUT2D eigenvalue weighted by molar-refractivity contribution is -0.137. The van der Waals surface area contributed by atoms with E-state index in [1.165, 1.54) is 0 Å². The van der Waals surface area contributed by atoms with Crippen LogP contribution in [0.5, 0.6) is 0 Å². The molecule has 1 aliphatic rings. The summed E-state index contributed by atoms with van der Waals surface area (Å²) in [5.74, 6) is 0.343. The molecule has 4 heterocycles. The molecular formula is C33H41Cl2N5O4. The van der Waals surface area contributed by atoms with Gasteiger partial charge in [-0.1, -0.05) is 6.07 Å². The number of aryl methyl sites for hydroxylation is 2. The van der Waals surface area contributed by atoms with E-state index in [1.807, 2.05) is 44.2 Å². The van der Waals surface area contributed by atoms with E-state index in [1.54, 1.807) is 59.9 Å². The Hall–Kier alpha value is -3.66. The summed E-state index contributed by atoms with van der Waals surface area (Å²) in [7, 11) is 1.75. The molecule has 1 aromatic carbocycles. The maximum absolute atomic E-state index is 13.2. The van der Waals surface area contributed by atoms with E-state index in [-0.39, 0.29) is 42.2 Å². The summed E-state index contributed by atoms with van der Waals surface area (Å²) in [4.78, 5) is 49.3. The highest BCUT2D eigenvalue weighted by Crippen LogP contribution is 2.38. The van der Waals surface area contributed by atoms with Crippen LogP contribution >= 0.6 is 24.8 Å². The number of hydrogen-bond donors (Lipinski definition) is 0. The van der Waals surface area contributed by atoms with E-state index in [4.69, 9.17) is 4.42 Å². The zero-order valence-electron chi connectivity index (χ0n) is 25.9. The van der Waals surface area contributed by atoms with Crippen LogP contribution in [-0.2, 0) is 29.1 Å². The quantitative estimate of drug-likeness (QED) is 0.208. The van der Waals surface area contributed by atoms with Gasteiger partial charge in [-0.25, -0.2) is 0 Å². The molecule has 0 atom stereocenters. The van der Waals surface area contributed by atoms with Crippen LogP contribution in [0.3, 0.4) is 0 Å². The van der Waals surface area contributed by atoms with Crippen LogP contribution in [0.2, 0.25) is 0 Å². The first kappa shape index (κ1) is 34.8. The first-order valence-electron chi connectivity index (χ1n) is 14.5. The molecule has 2 amide bonds. The van der Waals surface area contributed by atoms with Crippen molar-refractivity contribution in [3.63, 3.8) is 0 Å². The van der Waals surface area contributed by atoms with E-state index >= 15 is 0 Å². The Morgan fingerprint density at radius 2 is 1.64 bits per heavy atom. The number of hydrogen-bond acceptors (Lipinski definition) is 6. The minimum Gasteiger partial charge on any atom is -0.461 e. The van der Waals surface area contributed by atoms with E-state index in [0.29, 0.717) is 30.6 Å². The molecule has 0 spiro atoms. The summed E-state index contributed by atoms with van der Waals surface area (Å²) in [6, 6.07) is 13.7. The van der Waals surface area contributed by atoms with Gasteiger partial charge in [0.25, 0.3) is 5.56 Å². The monoisotopic (exact) mass is 641 g/mol. The van der Waals surface area contributed by atoms with Crippen molar-refractivity contribution in [3.05, 3.63) is 88.3 Å². The first-order chi connectivity index (χ1) is 20.1. The van der Waals surface area contributed by atoms with Crippen LogP contribution in [0.15, 0.2) is 70.3 Å². The number of fused-ring (bicyclic) bond motifs is 2. The maximum Gasteiger partial charge on any atom is 0.261 e. The van der Waals surface area contributed by atoms with E-state index in [9.17, 15) is 14.4 Å². The highest BCUT2D eigenvalue weighted by Gasteiger charge is 2.45. The van der Waals surface area contributed by atoms with Gasteiger partial charge in [0, 0.05) is 51.8 Å². The SMILES string of the molecule is CCN1C(=O)C(C)(C)C(=O)N(C)c2cc(CCCN(CCn3ccc4oc(C)cc4c3=O)Cc3ccncc3)ccc21.Cl.Cl. The summed E-state index contributed by atoms with van der Waals surface area (Å²) in [6.07, 6.45) is 7.10. The average molecular weight is 643 g/mol. The van der Waals surface area contributed by atoms with Crippen molar-refractivity contribution in [3.8, 4) is 0 Å². The number of benzene rings is 1. The molecule has 236 valence electrons. The molecule has 9 nitrogen and oxygen atoms in total. The smallest absolute Gasteiger partial charge is 0.261 e. The third-order valence-corrected chi connectivity index (χ3v) is 8.16. The van der Waals surface area contributed by atoms with Gasteiger partial charge in [0.05, 0.1) is 16.8 Å². The van der Waals surface area contributed by atoms with Gasteiger partial charge in [-0.3, -0.25) is 24.3 Å². The normalized spacial score (nSPS) is 14.3. The van der Waals surface area contributed by atoms with E-state index in [0.717, 1.165) is 54.2 Å². The van der Waals surface area contributed by atoms with Crippen LogP contribution in [0.4, 0.5) is 11.4 Å². The van der Waals surface area contributed by atoms with Gasteiger partial charge in [-0.2, -0.15) is 0 Å². The van der Waals surface area contributed by atoms with Crippen molar-refractivity contribution in [1.82, 2.24) is 14.5 Å². The van der Waals surface area contributed by atoms with Gasteiger partial charge in [0.15, 0.2) is 0 Å². The molecule has 0 N–H and O–H groups in total. The second-order valence-corrected chi connectivity index (χ2v) is 11.5. The Morgan fingerprint density at radius 1 is 0.909 bits per heavy atom. The zero-order chi connectivity index (χ0) is 30.0. The molecule has 3 aromatic heterocycles. The lowest BCUT2D eigenvalue weighted by Crippen LogP contribution is -2.47. The molecule has 1 aliphatic heterocycles. The number of rotatable bonds is 10. The number of furan rings is 1. The van der Waals surface area contributed by atoms with Gasteiger partial charge in [0.2, 0.25) is 11.8 Å². The summed E-state index contributed by atoms with van der Waals surface area (Å²) in [6.45, 7) is 10.5. The summed E-state index contributed by atoms with van der Waals surface area (Å²) in [5, 5.41) is 0.606. The second kappa shape index (κ2) is 14.4. The Morgan fingerprint density at radius 3 is 2.34 bits per heavy atom. The van der Waals surface area contributed by atoms with Crippen LogP contribution in [0.1, 0.15) is 44.1 Å². The number of pyridine rings is 2. The molecule has 0 bridgehead atoms. The number of halogens is 2. The van der Waals surface area contributed by atoms with Gasteiger partial charge in [-0.05, 0) is 94.6 Å². The van der Waals surface area contributed by atoms with Gasteiger partial charge < -0.3 is 18.8 Å². The minimum absolute atomic E-state index is 0. The van der Waals surface area contributed by atoms with Crippen molar-refractivity contribution < 1.29 is 14.0 Å². The van der Waals surface area contributed by atoms with Gasteiger partial charge in [0.1, 0.15) is 16.8 Å². The number of carbonyl (C=O) groups is 2. The molecular weight excluding hydrogens is 601 g/mol. The number of carbonyl (C=O) groups excluding carboxylic acids is 2. The predicted octanol–water partition coefficient (Wildman–Crippen LogP) is 5.63. The fraction of sp³-hybridized carbons (Fsp3) is 0.394. The third kappa shape index (κ3) is 7.01. The molecule has 5 rings (SSSR count). The molecule has 11 heteroatoms. The second-order valence-electron chi connectivity index (χ2n) is 11.5. The van der Waals surface area contributed by atoms with Crippen molar-refractivity contribution >= 4 is 59.0 Å². The molecule has 0 saturated heterocycles. The zero-order valence-corrected chi connectivity index (χ0v) is 27.5. The van der Waals surface area contributed by atoms with Crippen molar-refractivity contribution in [2.45, 2.75) is 53.6 Å². The number of amides is 2. The Balaban J connectivity index is 0.00000264. The Bertz CT molecular complexity index is 1670. The highest BCUT2D eigenvalue weighted by atomic mass is 35.5. The highest BCUT2D eigenvalue weighted by molar-refractivity contribution is 6.19. The summed E-state index contributed by atoms with van der Waals surface area (Å²) < 4.78 is 7.36. The van der Waals surface area contributed by atoms with Crippen LogP contribution < -0.4 is 15.4 Å². The summed E-state index contributed by atoms with van der Waals surface area (Å²) >= 11 is 0. The summed E-state index contributed by atoms with van der Waals surface area (Å²) in [5.41, 5.74) is 3.25. The fourth-order valence-corrected chi connectivity index (χ4v) is 5.75. The van der Waals surface area contributed by atoms with E-state index in [2.05, 4.69) is 16.0 Å². The Labute approximate surface area is 270 Å². The molecule has 0 radical (unpaired) electrons. The molecule has 0 aliphatic carbocycles. The third-order valence-electron chi connectivity index (χ3n) is 8.16. The molecule has 0 fully saturated rings. The molecule has 0 saturated carbocycles. The first-order valence-corrected chi connectivity index (χ1v) is 14.5. The van der Waals surface area contributed by atoms with Crippen molar-refractivity contribution in [1.29, 1.82) is 0 Å². The lowest BCUT2D eigenvalue weighted by atomic mass is 9.90. The van der Waals surface area contributed by atoms with E-state index < -0.39 is 5.41 Å². The molecule has 0 unspecified atom stereocenters. The largest absolute Gasteiger partial charge is 0.461 e. The standard InChI is InChI=1S/C33H39N5O4.2ClH/c1-6-38-27-10-9-24(21-28(27)35(5)31(40)33(3,4)32(38)41)8-7-16-36(22-25-11-14-34-15-12-25)18-19-37-17-13-29-26(30(37)39)20-23(2)42-29;;/h9-15,17,20-21H,6-8,16,18-19,22H2,1-5H3;2*1H. The maximum atomic E-state index is 13.2. The minimum atomic E-state index is -1.12.